The van der Waals surface area contributed by atoms with Gasteiger partial charge in [-0.2, -0.15) is 0 Å². The molecular weight excluding hydrogens is 673 g/mol. The summed E-state index contributed by atoms with van der Waals surface area (Å²) >= 11 is 0. The minimum Gasteiger partial charge on any atom is -0.0885 e. The molecule has 0 saturated heterocycles. The maximum atomic E-state index is 2.40. The molecule has 3 unspecified atom stereocenters. The van der Waals surface area contributed by atoms with Crippen molar-refractivity contribution in [3.63, 3.8) is 0 Å². The molecule has 324 valence electrons. The van der Waals surface area contributed by atoms with Crippen LogP contribution < -0.4 is 0 Å². The lowest BCUT2D eigenvalue weighted by atomic mass is 9.96. The zero-order valence-corrected chi connectivity index (χ0v) is 38.2. The summed E-state index contributed by atoms with van der Waals surface area (Å²) in [6.45, 7) is 2.37. The van der Waals surface area contributed by atoms with Gasteiger partial charge in [-0.05, 0) is 133 Å². The number of allylic oxidation sites excluding steroid dienone is 10. The highest BCUT2D eigenvalue weighted by molar-refractivity contribution is 5.09. The van der Waals surface area contributed by atoms with Crippen molar-refractivity contribution < 1.29 is 0 Å². The van der Waals surface area contributed by atoms with Crippen LogP contribution in [-0.4, -0.2) is 0 Å². The normalized spacial score (nSPS) is 26.7. The Hall–Kier alpha value is -1.30. The Bertz CT molecular complexity index is 754. The first-order valence-corrected chi connectivity index (χ1v) is 26.1. The number of hydrogen-bond acceptors (Lipinski definition) is 0. The van der Waals surface area contributed by atoms with Crippen LogP contribution in [0.25, 0.3) is 0 Å². The maximum Gasteiger partial charge on any atom is -0.0202 e. The van der Waals surface area contributed by atoms with Gasteiger partial charge < -0.3 is 0 Å². The third-order valence-corrected chi connectivity index (χ3v) is 13.2. The molecule has 56 heavy (non-hydrogen) atoms. The first-order chi connectivity index (χ1) is 27.9. The van der Waals surface area contributed by atoms with Gasteiger partial charge in [-0.25, -0.2) is 0 Å². The van der Waals surface area contributed by atoms with E-state index in [-0.39, 0.29) is 0 Å². The van der Waals surface area contributed by atoms with Crippen molar-refractivity contribution in [2.24, 2.45) is 17.8 Å². The van der Waals surface area contributed by atoms with Gasteiger partial charge in [0.05, 0.1) is 0 Å². The summed E-state index contributed by atoms with van der Waals surface area (Å²) in [6, 6.07) is 0. The summed E-state index contributed by atoms with van der Waals surface area (Å²) in [5.74, 6) is 2.92. The van der Waals surface area contributed by atoms with Gasteiger partial charge in [0.2, 0.25) is 0 Å². The van der Waals surface area contributed by atoms with Crippen LogP contribution in [0.15, 0.2) is 60.8 Å². The van der Waals surface area contributed by atoms with Gasteiger partial charge in [0.15, 0.2) is 0 Å². The molecule has 0 amide bonds. The third kappa shape index (κ3) is 34.7. The number of hydrogen-bond donors (Lipinski definition) is 0. The van der Waals surface area contributed by atoms with Crippen molar-refractivity contribution in [3.8, 4) is 0 Å². The molecule has 0 heterocycles. The van der Waals surface area contributed by atoms with E-state index in [0.29, 0.717) is 0 Å². The van der Waals surface area contributed by atoms with Crippen molar-refractivity contribution in [2.75, 3.05) is 0 Å². The Labute approximate surface area is 353 Å². The summed E-state index contributed by atoms with van der Waals surface area (Å²) in [5, 5.41) is 0. The van der Waals surface area contributed by atoms with Gasteiger partial charge in [-0.15, -0.1) is 0 Å². The molecule has 6 aliphatic carbocycles. The van der Waals surface area contributed by atoms with Gasteiger partial charge >= 0.3 is 0 Å². The molecule has 6 aliphatic rings. The van der Waals surface area contributed by atoms with Crippen LogP contribution in [0.1, 0.15) is 277 Å². The monoisotopic (exact) mass is 773 g/mol. The summed E-state index contributed by atoms with van der Waals surface area (Å²) < 4.78 is 0. The predicted octanol–water partition coefficient (Wildman–Crippen LogP) is 20.0. The molecule has 1 fully saturated rings. The molecule has 0 spiro atoms. The highest BCUT2D eigenvalue weighted by Crippen LogP contribution is 2.42. The van der Waals surface area contributed by atoms with Crippen molar-refractivity contribution in [1.82, 2.24) is 0 Å². The molecule has 0 heteroatoms. The molecule has 0 N–H and O–H groups in total. The minimum absolute atomic E-state index is 0.958. The van der Waals surface area contributed by atoms with E-state index in [9.17, 15) is 0 Å². The van der Waals surface area contributed by atoms with Gasteiger partial charge in [-0.3, -0.25) is 0 Å². The zero-order chi connectivity index (χ0) is 39.5. The topological polar surface area (TPSA) is 0 Å². The molecular formula is C56H100. The van der Waals surface area contributed by atoms with E-state index in [0.717, 1.165) is 17.8 Å². The van der Waals surface area contributed by atoms with Gasteiger partial charge in [0, 0.05) is 0 Å². The van der Waals surface area contributed by atoms with E-state index in [1.807, 2.05) is 0 Å². The van der Waals surface area contributed by atoms with E-state index in [1.165, 1.54) is 270 Å². The predicted molar refractivity (Wildman–Crippen MR) is 256 cm³/mol. The number of rotatable bonds is 0. The lowest BCUT2D eigenvalue weighted by Gasteiger charge is -2.09. The summed E-state index contributed by atoms with van der Waals surface area (Å²) in [7, 11) is 0. The van der Waals surface area contributed by atoms with E-state index in [1.54, 1.807) is 0 Å². The smallest absolute Gasteiger partial charge is 0.0202 e. The quantitative estimate of drug-likeness (QED) is 0.215. The Morgan fingerprint density at radius 1 is 0.232 bits per heavy atom. The first kappa shape index (κ1) is 50.8. The first-order valence-electron chi connectivity index (χ1n) is 26.1. The van der Waals surface area contributed by atoms with Crippen LogP contribution in [0.3, 0.4) is 0 Å². The van der Waals surface area contributed by atoms with Crippen molar-refractivity contribution in [2.45, 2.75) is 277 Å². The van der Waals surface area contributed by atoms with Crippen molar-refractivity contribution >= 4 is 0 Å². The third-order valence-electron chi connectivity index (χ3n) is 13.2. The Morgan fingerprint density at radius 2 is 0.429 bits per heavy atom. The second-order valence-electron chi connectivity index (χ2n) is 18.8. The van der Waals surface area contributed by atoms with Crippen LogP contribution in [0.5, 0.6) is 0 Å². The van der Waals surface area contributed by atoms with Gasteiger partial charge in [-0.1, -0.05) is 222 Å². The van der Waals surface area contributed by atoms with Crippen LogP contribution in [0, 0.1) is 17.8 Å². The lowest BCUT2D eigenvalue weighted by molar-refractivity contribution is 0.493. The average Bonchev–Trinajstić information content (AvgIpc) is 3.80. The van der Waals surface area contributed by atoms with E-state index < -0.39 is 0 Å². The fraction of sp³-hybridized carbons (Fsp3) is 0.821. The average molecular weight is 773 g/mol. The Balaban J connectivity index is 0.000000243. The second kappa shape index (κ2) is 41.8. The van der Waals surface area contributed by atoms with Crippen molar-refractivity contribution in [1.29, 1.82) is 0 Å². The fourth-order valence-corrected chi connectivity index (χ4v) is 9.34. The second-order valence-corrected chi connectivity index (χ2v) is 18.8. The van der Waals surface area contributed by atoms with Gasteiger partial charge in [0.1, 0.15) is 0 Å². The molecule has 2 bridgehead atoms. The standard InChI is InChI=1S/4C12H22.C8H12/c4*1-2-4-6-8-10-12-11-9-7-5-3-1;1-6-4-7-2-3-8(6)5-7/h4*1-2H,3-12H2;2-3,6-8H,4-5H2,1H3. The van der Waals surface area contributed by atoms with Crippen LogP contribution in [-0.2, 0) is 0 Å². The van der Waals surface area contributed by atoms with E-state index in [4.69, 9.17) is 0 Å². The minimum atomic E-state index is 0.958. The van der Waals surface area contributed by atoms with Crippen LogP contribution in [0.4, 0.5) is 0 Å². The molecule has 0 aromatic heterocycles. The highest BCUT2D eigenvalue weighted by atomic mass is 14.4. The van der Waals surface area contributed by atoms with E-state index >= 15 is 0 Å². The van der Waals surface area contributed by atoms with Gasteiger partial charge in [0.25, 0.3) is 0 Å². The molecule has 1 saturated carbocycles. The van der Waals surface area contributed by atoms with Crippen molar-refractivity contribution in [3.05, 3.63) is 60.8 Å². The Kier molecular flexibility index (Phi) is 38.0. The van der Waals surface area contributed by atoms with E-state index in [2.05, 4.69) is 67.7 Å². The molecule has 0 aliphatic heterocycles. The zero-order valence-electron chi connectivity index (χ0n) is 38.2. The maximum absolute atomic E-state index is 2.40. The molecule has 6 rings (SSSR count). The SMILES string of the molecule is C1=CCCCCCCCCCC1.C1=CCCCCCCCCCC1.C1=CCCCCCCCCCC1.C1=CCCCCCCCCCC1.CC1CC2C=CC1C2. The number of fused-ring (bicyclic) bond motifs is 2. The lowest BCUT2D eigenvalue weighted by Crippen LogP contribution is -1.99. The molecule has 0 aromatic rings. The highest BCUT2D eigenvalue weighted by Gasteiger charge is 2.32. The Morgan fingerprint density at radius 3 is 0.554 bits per heavy atom. The largest absolute Gasteiger partial charge is 0.0885 e. The molecule has 0 radical (unpaired) electrons. The fourth-order valence-electron chi connectivity index (χ4n) is 9.34. The summed E-state index contributed by atoms with van der Waals surface area (Å²) in [6.07, 6.45) is 83.7. The summed E-state index contributed by atoms with van der Waals surface area (Å²) in [4.78, 5) is 0. The molecule has 0 nitrogen and oxygen atoms in total. The molecule has 3 atom stereocenters. The molecule has 0 aromatic carbocycles. The van der Waals surface area contributed by atoms with Crippen LogP contribution >= 0.6 is 0 Å². The summed E-state index contributed by atoms with van der Waals surface area (Å²) in [5.41, 5.74) is 0. The van der Waals surface area contributed by atoms with Crippen LogP contribution in [0.2, 0.25) is 0 Å².